The van der Waals surface area contributed by atoms with E-state index in [4.69, 9.17) is 4.42 Å². The lowest BCUT2D eigenvalue weighted by atomic mass is 10.1. The van der Waals surface area contributed by atoms with Gasteiger partial charge in [0.1, 0.15) is 5.69 Å². The Hall–Kier alpha value is -2.58. The van der Waals surface area contributed by atoms with E-state index in [0.29, 0.717) is 37.6 Å². The van der Waals surface area contributed by atoms with Gasteiger partial charge in [0.25, 0.3) is 5.91 Å². The maximum atomic E-state index is 13.4. The SMILES string of the molecule is Cc1ccccc1Cn1c(C(=O)N2CCN(S(C)(=O)=O)[C@@H](C)C2)cc2ccoc21. The molecule has 8 heteroatoms. The Labute approximate surface area is 170 Å². The first kappa shape index (κ1) is 19.7. The normalized spacial score (nSPS) is 18.4. The molecule has 1 aliphatic rings. The van der Waals surface area contributed by atoms with Crippen LogP contribution in [0.2, 0.25) is 0 Å². The van der Waals surface area contributed by atoms with Gasteiger partial charge in [-0.2, -0.15) is 4.31 Å². The van der Waals surface area contributed by atoms with Crippen LogP contribution in [0.25, 0.3) is 11.1 Å². The van der Waals surface area contributed by atoms with Crippen LogP contribution in [0.3, 0.4) is 0 Å². The fourth-order valence-electron chi connectivity index (χ4n) is 4.05. The molecule has 4 rings (SSSR count). The molecule has 29 heavy (non-hydrogen) atoms. The number of benzene rings is 1. The van der Waals surface area contributed by atoms with Crippen molar-refractivity contribution in [3.05, 3.63) is 59.5 Å². The van der Waals surface area contributed by atoms with Gasteiger partial charge in [0, 0.05) is 31.1 Å². The molecule has 1 fully saturated rings. The fraction of sp³-hybridized carbons (Fsp3) is 0.381. The molecular formula is C21H25N3O4S. The number of rotatable bonds is 4. The highest BCUT2D eigenvalue weighted by atomic mass is 32.2. The number of nitrogens with zero attached hydrogens (tertiary/aromatic N) is 3. The number of amides is 1. The van der Waals surface area contributed by atoms with Crippen LogP contribution >= 0.6 is 0 Å². The third-order valence-corrected chi connectivity index (χ3v) is 6.99. The van der Waals surface area contributed by atoms with Crippen molar-refractivity contribution in [1.82, 2.24) is 13.8 Å². The number of fused-ring (bicyclic) bond motifs is 1. The molecule has 0 unspecified atom stereocenters. The molecule has 1 amide bonds. The van der Waals surface area contributed by atoms with Gasteiger partial charge in [-0.05, 0) is 37.1 Å². The maximum Gasteiger partial charge on any atom is 0.270 e. The van der Waals surface area contributed by atoms with Crippen LogP contribution in [0.5, 0.6) is 0 Å². The molecule has 1 saturated heterocycles. The molecule has 3 aromatic rings. The molecule has 0 saturated carbocycles. The van der Waals surface area contributed by atoms with E-state index in [0.717, 1.165) is 16.5 Å². The number of carbonyl (C=O) groups excluding carboxylic acids is 1. The Kier molecular flexibility index (Phi) is 5.00. The van der Waals surface area contributed by atoms with Gasteiger partial charge in [-0.3, -0.25) is 4.79 Å². The van der Waals surface area contributed by atoms with Crippen LogP contribution < -0.4 is 0 Å². The smallest absolute Gasteiger partial charge is 0.270 e. The summed E-state index contributed by atoms with van der Waals surface area (Å²) in [4.78, 5) is 15.1. The molecule has 3 heterocycles. The summed E-state index contributed by atoms with van der Waals surface area (Å²) in [7, 11) is -3.28. The first-order valence-corrected chi connectivity index (χ1v) is 11.5. The summed E-state index contributed by atoms with van der Waals surface area (Å²) >= 11 is 0. The van der Waals surface area contributed by atoms with Crippen LogP contribution in [-0.2, 0) is 16.6 Å². The first-order valence-electron chi connectivity index (χ1n) is 9.63. The second-order valence-corrected chi connectivity index (χ2v) is 9.63. The van der Waals surface area contributed by atoms with E-state index in [1.54, 1.807) is 11.2 Å². The van der Waals surface area contributed by atoms with Gasteiger partial charge in [0.05, 0.1) is 19.1 Å². The third kappa shape index (κ3) is 3.70. The van der Waals surface area contributed by atoms with E-state index in [-0.39, 0.29) is 11.9 Å². The average Bonchev–Trinajstić information content (AvgIpc) is 3.24. The van der Waals surface area contributed by atoms with Crippen LogP contribution in [0, 0.1) is 6.92 Å². The van der Waals surface area contributed by atoms with E-state index in [9.17, 15) is 13.2 Å². The number of furan rings is 1. The molecule has 2 aromatic heterocycles. The van der Waals surface area contributed by atoms with Gasteiger partial charge < -0.3 is 13.9 Å². The van der Waals surface area contributed by atoms with Gasteiger partial charge in [0.15, 0.2) is 0 Å². The second-order valence-electron chi connectivity index (χ2n) is 7.70. The van der Waals surface area contributed by atoms with Crippen molar-refractivity contribution in [1.29, 1.82) is 0 Å². The van der Waals surface area contributed by atoms with Crippen molar-refractivity contribution in [2.24, 2.45) is 0 Å². The molecule has 0 aliphatic carbocycles. The second kappa shape index (κ2) is 7.35. The zero-order valence-corrected chi connectivity index (χ0v) is 17.6. The highest BCUT2D eigenvalue weighted by molar-refractivity contribution is 7.88. The highest BCUT2D eigenvalue weighted by Gasteiger charge is 2.33. The first-order chi connectivity index (χ1) is 13.8. The maximum absolute atomic E-state index is 13.4. The summed E-state index contributed by atoms with van der Waals surface area (Å²) in [6.07, 6.45) is 2.84. The predicted molar refractivity (Wildman–Crippen MR) is 111 cm³/mol. The molecule has 0 N–H and O–H groups in total. The lowest BCUT2D eigenvalue weighted by molar-refractivity contribution is 0.0632. The Morgan fingerprint density at radius 1 is 1.21 bits per heavy atom. The summed E-state index contributed by atoms with van der Waals surface area (Å²) < 4.78 is 32.9. The number of hydrogen-bond acceptors (Lipinski definition) is 4. The van der Waals surface area contributed by atoms with Gasteiger partial charge >= 0.3 is 0 Å². The summed E-state index contributed by atoms with van der Waals surface area (Å²) in [5, 5.41) is 0.879. The molecule has 7 nitrogen and oxygen atoms in total. The van der Waals surface area contributed by atoms with E-state index in [1.807, 2.05) is 54.8 Å². The number of piperazine rings is 1. The van der Waals surface area contributed by atoms with Crippen molar-refractivity contribution >= 4 is 27.0 Å². The van der Waals surface area contributed by atoms with E-state index >= 15 is 0 Å². The van der Waals surface area contributed by atoms with Crippen LogP contribution in [0.1, 0.15) is 28.5 Å². The molecule has 0 spiro atoms. The largest absolute Gasteiger partial charge is 0.448 e. The number of sulfonamides is 1. The zero-order valence-electron chi connectivity index (χ0n) is 16.8. The fourth-order valence-corrected chi connectivity index (χ4v) is 5.18. The van der Waals surface area contributed by atoms with E-state index < -0.39 is 10.0 Å². The summed E-state index contributed by atoms with van der Waals surface area (Å²) in [6.45, 7) is 5.45. The number of carbonyl (C=O) groups is 1. The standard InChI is InChI=1S/C21H25N3O4S/c1-15-6-4-5-7-18(15)14-23-19(12-17-8-11-28-21(17)23)20(25)22-9-10-24(16(2)13-22)29(3,26)27/h4-8,11-12,16H,9-10,13-14H2,1-3H3/t16-/m0/s1. The van der Waals surface area contributed by atoms with Gasteiger partial charge in [-0.15, -0.1) is 0 Å². The number of aromatic nitrogens is 1. The molecule has 1 aromatic carbocycles. The van der Waals surface area contributed by atoms with Crippen molar-refractivity contribution < 1.29 is 17.6 Å². The molecular weight excluding hydrogens is 390 g/mol. The van der Waals surface area contributed by atoms with Crippen LogP contribution in [0.4, 0.5) is 0 Å². The zero-order chi connectivity index (χ0) is 20.8. The summed E-state index contributed by atoms with van der Waals surface area (Å²) in [5.41, 5.74) is 3.49. The Morgan fingerprint density at radius 3 is 2.66 bits per heavy atom. The minimum absolute atomic E-state index is 0.106. The van der Waals surface area contributed by atoms with Crippen molar-refractivity contribution in [2.45, 2.75) is 26.4 Å². The van der Waals surface area contributed by atoms with Gasteiger partial charge in [-0.1, -0.05) is 24.3 Å². The van der Waals surface area contributed by atoms with Gasteiger partial charge in [-0.25, -0.2) is 8.42 Å². The van der Waals surface area contributed by atoms with Crippen molar-refractivity contribution in [3.63, 3.8) is 0 Å². The Bertz CT molecular complexity index is 1160. The molecule has 0 radical (unpaired) electrons. The highest BCUT2D eigenvalue weighted by Crippen LogP contribution is 2.25. The summed E-state index contributed by atoms with van der Waals surface area (Å²) in [5.74, 6) is -0.106. The third-order valence-electron chi connectivity index (χ3n) is 5.59. The predicted octanol–water partition coefficient (Wildman–Crippen LogP) is 2.70. The van der Waals surface area contributed by atoms with Crippen molar-refractivity contribution in [2.75, 3.05) is 25.9 Å². The minimum atomic E-state index is -3.28. The lowest BCUT2D eigenvalue weighted by Crippen LogP contribution is -2.55. The molecule has 1 aliphatic heterocycles. The quantitative estimate of drug-likeness (QED) is 0.657. The van der Waals surface area contributed by atoms with E-state index in [2.05, 4.69) is 0 Å². The monoisotopic (exact) mass is 415 g/mol. The minimum Gasteiger partial charge on any atom is -0.448 e. The Morgan fingerprint density at radius 2 is 1.97 bits per heavy atom. The summed E-state index contributed by atoms with van der Waals surface area (Å²) in [6, 6.07) is 11.5. The lowest BCUT2D eigenvalue weighted by Gasteiger charge is -2.38. The number of aryl methyl sites for hydroxylation is 1. The number of hydrogen-bond donors (Lipinski definition) is 0. The molecule has 154 valence electrons. The molecule has 0 bridgehead atoms. The Balaban J connectivity index is 1.65. The van der Waals surface area contributed by atoms with Crippen molar-refractivity contribution in [3.8, 4) is 0 Å². The van der Waals surface area contributed by atoms with E-state index in [1.165, 1.54) is 10.6 Å². The molecule has 1 atom stereocenters. The van der Waals surface area contributed by atoms with Gasteiger partial charge in [0.2, 0.25) is 15.7 Å². The average molecular weight is 416 g/mol. The topological polar surface area (TPSA) is 75.8 Å². The van der Waals surface area contributed by atoms with Crippen LogP contribution in [0.15, 0.2) is 47.1 Å². The van der Waals surface area contributed by atoms with Crippen LogP contribution in [-0.4, -0.2) is 60.0 Å².